The van der Waals surface area contributed by atoms with E-state index in [1.165, 1.54) is 4.88 Å². The van der Waals surface area contributed by atoms with E-state index in [1.807, 2.05) is 38.3 Å². The minimum Gasteiger partial charge on any atom is -0.350 e. The van der Waals surface area contributed by atoms with E-state index in [9.17, 15) is 9.59 Å². The summed E-state index contributed by atoms with van der Waals surface area (Å²) in [6, 6.07) is 3.47. The lowest BCUT2D eigenvalue weighted by Crippen LogP contribution is -2.50. The third kappa shape index (κ3) is 6.38. The second-order valence-corrected chi connectivity index (χ2v) is 6.64. The Bertz CT molecular complexity index is 421. The van der Waals surface area contributed by atoms with Crippen molar-refractivity contribution in [2.75, 3.05) is 0 Å². The highest BCUT2D eigenvalue weighted by Crippen LogP contribution is 2.10. The number of amides is 2. The maximum atomic E-state index is 11.8. The number of aryl methyl sites for hydroxylation is 1. The highest BCUT2D eigenvalue weighted by Gasteiger charge is 2.20. The average molecular weight is 282 g/mol. The molecule has 0 fully saturated rings. The number of nitrogens with one attached hydrogen (secondary N) is 2. The molecule has 0 spiro atoms. The van der Waals surface area contributed by atoms with E-state index in [1.54, 1.807) is 18.3 Å². The standard InChI is InChI=1S/C14H22N2O2S/c1-10(13(18)16-14(2,3)4)15-12(17)8-7-11-6-5-9-19-11/h5-6,9-10H,7-8H2,1-4H3,(H,15,17)(H,16,18). The second kappa shape index (κ2) is 6.70. The van der Waals surface area contributed by atoms with Crippen LogP contribution in [0.1, 0.15) is 39.0 Å². The topological polar surface area (TPSA) is 58.2 Å². The van der Waals surface area contributed by atoms with Crippen molar-refractivity contribution < 1.29 is 9.59 Å². The molecule has 1 rings (SSSR count). The van der Waals surface area contributed by atoms with Crippen LogP contribution in [-0.4, -0.2) is 23.4 Å². The molecule has 0 saturated carbocycles. The van der Waals surface area contributed by atoms with Gasteiger partial charge in [0.25, 0.3) is 0 Å². The Hall–Kier alpha value is -1.36. The minimum absolute atomic E-state index is 0.0926. The molecule has 2 N–H and O–H groups in total. The molecule has 4 nitrogen and oxygen atoms in total. The van der Waals surface area contributed by atoms with Gasteiger partial charge in [0.1, 0.15) is 6.04 Å². The number of carbonyl (C=O) groups is 2. The van der Waals surface area contributed by atoms with Crippen LogP contribution in [0.25, 0.3) is 0 Å². The SMILES string of the molecule is CC(NC(=O)CCc1cccs1)C(=O)NC(C)(C)C. The van der Waals surface area contributed by atoms with Crippen LogP contribution in [0.3, 0.4) is 0 Å². The maximum absolute atomic E-state index is 11.8. The van der Waals surface area contributed by atoms with Crippen LogP contribution in [0.4, 0.5) is 0 Å². The highest BCUT2D eigenvalue weighted by atomic mass is 32.1. The summed E-state index contributed by atoms with van der Waals surface area (Å²) >= 11 is 1.64. The largest absolute Gasteiger partial charge is 0.350 e. The molecular formula is C14H22N2O2S. The Labute approximate surface area is 118 Å². The Kier molecular flexibility index (Phi) is 5.54. The van der Waals surface area contributed by atoms with Gasteiger partial charge in [0.15, 0.2) is 0 Å². The van der Waals surface area contributed by atoms with Crippen molar-refractivity contribution in [3.63, 3.8) is 0 Å². The van der Waals surface area contributed by atoms with Crippen molar-refractivity contribution in [2.45, 2.75) is 52.1 Å². The second-order valence-electron chi connectivity index (χ2n) is 5.61. The lowest BCUT2D eigenvalue weighted by molar-refractivity contribution is -0.129. The first-order chi connectivity index (χ1) is 8.78. The Balaban J connectivity index is 2.33. The molecule has 0 aliphatic heterocycles. The van der Waals surface area contributed by atoms with Crippen LogP contribution in [0.2, 0.25) is 0 Å². The normalized spacial score (nSPS) is 12.8. The van der Waals surface area contributed by atoms with Crippen LogP contribution < -0.4 is 10.6 Å². The van der Waals surface area contributed by atoms with Crippen molar-refractivity contribution in [3.05, 3.63) is 22.4 Å². The molecule has 0 aliphatic carbocycles. The first kappa shape index (κ1) is 15.7. The zero-order valence-electron chi connectivity index (χ0n) is 11.9. The number of hydrogen-bond donors (Lipinski definition) is 2. The van der Waals surface area contributed by atoms with Gasteiger partial charge in [-0.05, 0) is 45.6 Å². The zero-order valence-corrected chi connectivity index (χ0v) is 12.8. The molecule has 0 aliphatic rings. The molecule has 1 aromatic rings. The summed E-state index contributed by atoms with van der Waals surface area (Å²) < 4.78 is 0. The monoisotopic (exact) mass is 282 g/mol. The van der Waals surface area contributed by atoms with Gasteiger partial charge in [-0.2, -0.15) is 0 Å². The van der Waals surface area contributed by atoms with E-state index in [0.29, 0.717) is 6.42 Å². The molecule has 0 bridgehead atoms. The third-order valence-corrected chi connectivity index (χ3v) is 3.38. The van der Waals surface area contributed by atoms with E-state index in [2.05, 4.69) is 10.6 Å². The van der Waals surface area contributed by atoms with Crippen molar-refractivity contribution >= 4 is 23.2 Å². The Morgan fingerprint density at radius 2 is 2.05 bits per heavy atom. The van der Waals surface area contributed by atoms with Gasteiger partial charge >= 0.3 is 0 Å². The van der Waals surface area contributed by atoms with Crippen LogP contribution in [0.15, 0.2) is 17.5 Å². The fourth-order valence-electron chi connectivity index (χ4n) is 1.55. The van der Waals surface area contributed by atoms with Gasteiger partial charge in [-0.1, -0.05) is 6.07 Å². The first-order valence-electron chi connectivity index (χ1n) is 6.42. The predicted molar refractivity (Wildman–Crippen MR) is 78.1 cm³/mol. The first-order valence-corrected chi connectivity index (χ1v) is 7.29. The lowest BCUT2D eigenvalue weighted by atomic mass is 10.1. The van der Waals surface area contributed by atoms with Crippen molar-refractivity contribution in [2.24, 2.45) is 0 Å². The quantitative estimate of drug-likeness (QED) is 0.869. The van der Waals surface area contributed by atoms with Gasteiger partial charge in [0.2, 0.25) is 11.8 Å². The molecule has 106 valence electrons. The molecule has 0 saturated heterocycles. The zero-order chi connectivity index (χ0) is 14.5. The van der Waals surface area contributed by atoms with Gasteiger partial charge in [-0.25, -0.2) is 0 Å². The lowest BCUT2D eigenvalue weighted by Gasteiger charge is -2.23. The van der Waals surface area contributed by atoms with Gasteiger partial charge in [-0.15, -0.1) is 11.3 Å². The summed E-state index contributed by atoms with van der Waals surface area (Å²) in [6.45, 7) is 7.44. The maximum Gasteiger partial charge on any atom is 0.242 e. The number of carbonyl (C=O) groups excluding carboxylic acids is 2. The smallest absolute Gasteiger partial charge is 0.242 e. The summed E-state index contributed by atoms with van der Waals surface area (Å²) in [7, 11) is 0. The highest BCUT2D eigenvalue weighted by molar-refractivity contribution is 7.09. The average Bonchev–Trinajstić information content (AvgIpc) is 2.76. The molecular weight excluding hydrogens is 260 g/mol. The van der Waals surface area contributed by atoms with E-state index in [-0.39, 0.29) is 17.4 Å². The van der Waals surface area contributed by atoms with Crippen molar-refractivity contribution in [1.82, 2.24) is 10.6 Å². The summed E-state index contributed by atoms with van der Waals surface area (Å²) in [4.78, 5) is 24.7. The third-order valence-electron chi connectivity index (χ3n) is 2.45. The van der Waals surface area contributed by atoms with E-state index in [4.69, 9.17) is 0 Å². The van der Waals surface area contributed by atoms with E-state index >= 15 is 0 Å². The number of thiophene rings is 1. The molecule has 1 heterocycles. The summed E-state index contributed by atoms with van der Waals surface area (Å²) in [5.41, 5.74) is -0.285. The Morgan fingerprint density at radius 3 is 2.58 bits per heavy atom. The molecule has 2 amide bonds. The van der Waals surface area contributed by atoms with Gasteiger partial charge < -0.3 is 10.6 Å². The summed E-state index contributed by atoms with van der Waals surface area (Å²) in [5, 5.41) is 7.55. The van der Waals surface area contributed by atoms with Crippen LogP contribution >= 0.6 is 11.3 Å². The predicted octanol–water partition coefficient (Wildman–Crippen LogP) is 2.10. The van der Waals surface area contributed by atoms with Crippen LogP contribution in [0, 0.1) is 0 Å². The molecule has 19 heavy (non-hydrogen) atoms. The molecule has 1 aromatic heterocycles. The molecule has 5 heteroatoms. The van der Waals surface area contributed by atoms with Gasteiger partial charge in [0.05, 0.1) is 0 Å². The van der Waals surface area contributed by atoms with Gasteiger partial charge in [-0.3, -0.25) is 9.59 Å². The molecule has 1 atom stereocenters. The molecule has 0 aromatic carbocycles. The Morgan fingerprint density at radius 1 is 1.37 bits per heavy atom. The van der Waals surface area contributed by atoms with Gasteiger partial charge in [0, 0.05) is 16.8 Å². The number of rotatable bonds is 5. The summed E-state index contributed by atoms with van der Waals surface area (Å²) in [6.07, 6.45) is 1.13. The fourth-order valence-corrected chi connectivity index (χ4v) is 2.26. The van der Waals surface area contributed by atoms with E-state index < -0.39 is 6.04 Å². The van der Waals surface area contributed by atoms with Crippen LogP contribution in [-0.2, 0) is 16.0 Å². The number of hydrogen-bond acceptors (Lipinski definition) is 3. The van der Waals surface area contributed by atoms with Crippen molar-refractivity contribution in [1.29, 1.82) is 0 Å². The molecule has 0 radical (unpaired) electrons. The minimum atomic E-state index is -0.505. The molecule has 1 unspecified atom stereocenters. The van der Waals surface area contributed by atoms with Crippen molar-refractivity contribution in [3.8, 4) is 0 Å². The van der Waals surface area contributed by atoms with Crippen LogP contribution in [0.5, 0.6) is 0 Å². The van der Waals surface area contributed by atoms with E-state index in [0.717, 1.165) is 6.42 Å². The fraction of sp³-hybridized carbons (Fsp3) is 0.571. The summed E-state index contributed by atoms with van der Waals surface area (Å²) in [5.74, 6) is -0.248.